The van der Waals surface area contributed by atoms with Crippen LogP contribution in [0.1, 0.15) is 23.6 Å². The van der Waals surface area contributed by atoms with Gasteiger partial charge in [-0.25, -0.2) is 9.67 Å². The van der Waals surface area contributed by atoms with Crippen LogP contribution in [0, 0.1) is 0 Å². The van der Waals surface area contributed by atoms with Crippen LogP contribution in [0.15, 0.2) is 91.8 Å². The van der Waals surface area contributed by atoms with Gasteiger partial charge in [-0.05, 0) is 35.4 Å². The number of hydrogen-bond acceptors (Lipinski definition) is 3. The van der Waals surface area contributed by atoms with Gasteiger partial charge in [0.05, 0.1) is 19.0 Å². The molecule has 6 nitrogen and oxygen atoms in total. The number of carbonyl (C=O) groups is 1. The van der Waals surface area contributed by atoms with E-state index in [4.69, 9.17) is 0 Å². The van der Waals surface area contributed by atoms with Crippen molar-refractivity contribution in [3.63, 3.8) is 0 Å². The van der Waals surface area contributed by atoms with Crippen LogP contribution < -0.4 is 5.32 Å². The molecule has 28 heavy (non-hydrogen) atoms. The van der Waals surface area contributed by atoms with Gasteiger partial charge >= 0.3 is 0 Å². The normalized spacial score (nSPS) is 11.9. The molecule has 0 unspecified atom stereocenters. The van der Waals surface area contributed by atoms with Gasteiger partial charge in [-0.15, -0.1) is 0 Å². The number of aromatic nitrogens is 4. The van der Waals surface area contributed by atoms with Crippen LogP contribution in [-0.4, -0.2) is 25.2 Å². The Balaban J connectivity index is 1.42. The summed E-state index contributed by atoms with van der Waals surface area (Å²) in [5, 5.41) is 7.10. The maximum atomic E-state index is 12.7. The number of carbonyl (C=O) groups excluding carboxylic acids is 1. The summed E-state index contributed by atoms with van der Waals surface area (Å²) in [4.78, 5) is 16.6. The van der Waals surface area contributed by atoms with Crippen molar-refractivity contribution in [1.82, 2.24) is 19.3 Å². The molecule has 1 amide bonds. The van der Waals surface area contributed by atoms with Gasteiger partial charge in [0.15, 0.2) is 0 Å². The van der Waals surface area contributed by atoms with Crippen LogP contribution >= 0.6 is 0 Å². The van der Waals surface area contributed by atoms with Crippen molar-refractivity contribution < 1.29 is 4.79 Å². The third kappa shape index (κ3) is 4.35. The Labute approximate surface area is 163 Å². The quantitative estimate of drug-likeness (QED) is 0.538. The summed E-state index contributed by atoms with van der Waals surface area (Å²) >= 11 is 0. The molecule has 0 aliphatic carbocycles. The van der Waals surface area contributed by atoms with E-state index in [0.29, 0.717) is 13.0 Å². The second kappa shape index (κ2) is 8.35. The average Bonchev–Trinajstić information content (AvgIpc) is 3.43. The molecule has 1 atom stereocenters. The van der Waals surface area contributed by atoms with E-state index in [2.05, 4.69) is 32.1 Å². The third-order valence-corrected chi connectivity index (χ3v) is 4.60. The maximum Gasteiger partial charge on any atom is 0.226 e. The Morgan fingerprint density at radius 1 is 0.964 bits per heavy atom. The highest BCUT2D eigenvalue weighted by Crippen LogP contribution is 2.23. The van der Waals surface area contributed by atoms with Gasteiger partial charge in [0.1, 0.15) is 12.7 Å². The molecule has 0 saturated heterocycles. The molecule has 0 saturated carbocycles. The van der Waals surface area contributed by atoms with Crippen molar-refractivity contribution in [2.75, 3.05) is 5.32 Å². The molecule has 0 radical (unpaired) electrons. The van der Waals surface area contributed by atoms with E-state index >= 15 is 0 Å². The van der Waals surface area contributed by atoms with Gasteiger partial charge in [0.2, 0.25) is 5.91 Å². The average molecular weight is 371 g/mol. The molecular weight excluding hydrogens is 350 g/mol. The fourth-order valence-corrected chi connectivity index (χ4v) is 3.21. The first-order valence-electron chi connectivity index (χ1n) is 9.16. The highest BCUT2D eigenvalue weighted by molar-refractivity contribution is 5.91. The second-order valence-corrected chi connectivity index (χ2v) is 6.60. The van der Waals surface area contributed by atoms with Crippen LogP contribution in [0.2, 0.25) is 0 Å². The van der Waals surface area contributed by atoms with E-state index in [1.54, 1.807) is 11.0 Å². The maximum absolute atomic E-state index is 12.7. The Morgan fingerprint density at radius 3 is 2.39 bits per heavy atom. The number of hydrogen-bond donors (Lipinski definition) is 1. The van der Waals surface area contributed by atoms with Crippen molar-refractivity contribution in [2.24, 2.45) is 0 Å². The standard InChI is InChI=1S/C22H21N5O/c28-22(14-21(26-12-4-5-13-26)19-6-2-1-3-7-19)25-20-10-8-18(9-11-20)15-27-17-23-16-24-27/h1-13,16-17,21H,14-15H2,(H,25,28)/t21-/m0/s1. The van der Waals surface area contributed by atoms with Crippen molar-refractivity contribution in [1.29, 1.82) is 0 Å². The molecule has 4 rings (SSSR count). The van der Waals surface area contributed by atoms with E-state index in [0.717, 1.165) is 16.8 Å². The fraction of sp³-hybridized carbons (Fsp3) is 0.136. The van der Waals surface area contributed by atoms with Gasteiger partial charge in [0, 0.05) is 18.1 Å². The summed E-state index contributed by atoms with van der Waals surface area (Å²) in [6.45, 7) is 0.651. The number of nitrogens with one attached hydrogen (secondary N) is 1. The van der Waals surface area contributed by atoms with Gasteiger partial charge in [0.25, 0.3) is 0 Å². The molecule has 0 aliphatic heterocycles. The number of anilines is 1. The highest BCUT2D eigenvalue weighted by atomic mass is 16.1. The Hall–Kier alpha value is -3.67. The topological polar surface area (TPSA) is 64.7 Å². The molecule has 4 aromatic rings. The zero-order valence-electron chi connectivity index (χ0n) is 15.3. The van der Waals surface area contributed by atoms with Crippen LogP contribution in [0.5, 0.6) is 0 Å². The Morgan fingerprint density at radius 2 is 1.71 bits per heavy atom. The minimum atomic E-state index is -0.0391. The predicted octanol–water partition coefficient (Wildman–Crippen LogP) is 3.75. The summed E-state index contributed by atoms with van der Waals surface area (Å²) in [6.07, 6.45) is 7.54. The lowest BCUT2D eigenvalue weighted by Gasteiger charge is -2.19. The summed E-state index contributed by atoms with van der Waals surface area (Å²) in [5.41, 5.74) is 2.99. The highest BCUT2D eigenvalue weighted by Gasteiger charge is 2.17. The molecule has 0 aliphatic rings. The molecule has 0 fully saturated rings. The van der Waals surface area contributed by atoms with Crippen molar-refractivity contribution in [2.45, 2.75) is 19.0 Å². The molecular formula is C22H21N5O. The largest absolute Gasteiger partial charge is 0.346 e. The van der Waals surface area contributed by atoms with Gasteiger partial charge in [-0.3, -0.25) is 4.79 Å². The number of benzene rings is 2. The molecule has 0 bridgehead atoms. The number of amides is 1. The molecule has 2 aromatic heterocycles. The van der Waals surface area contributed by atoms with Crippen LogP contribution in [0.4, 0.5) is 5.69 Å². The Kier molecular flexibility index (Phi) is 5.29. The van der Waals surface area contributed by atoms with Crippen LogP contribution in [-0.2, 0) is 11.3 Å². The molecule has 140 valence electrons. The Bertz CT molecular complexity index is 993. The summed E-state index contributed by atoms with van der Waals surface area (Å²) in [6, 6.07) is 21.8. The van der Waals surface area contributed by atoms with Crippen LogP contribution in [0.25, 0.3) is 0 Å². The minimum Gasteiger partial charge on any atom is -0.346 e. The molecule has 2 heterocycles. The number of rotatable bonds is 7. The lowest BCUT2D eigenvalue weighted by atomic mass is 10.0. The SMILES string of the molecule is O=C(C[C@@H](c1ccccc1)n1cccc1)Nc1ccc(Cn2cncn2)cc1. The van der Waals surface area contributed by atoms with E-state index in [-0.39, 0.29) is 11.9 Å². The molecule has 1 N–H and O–H groups in total. The zero-order chi connectivity index (χ0) is 19.2. The van der Waals surface area contributed by atoms with Gasteiger partial charge in [-0.2, -0.15) is 5.10 Å². The monoisotopic (exact) mass is 371 g/mol. The summed E-state index contributed by atoms with van der Waals surface area (Å²) in [5.74, 6) is -0.0217. The molecule has 2 aromatic carbocycles. The van der Waals surface area contributed by atoms with E-state index in [1.807, 2.05) is 67.0 Å². The van der Waals surface area contributed by atoms with Crippen molar-refractivity contribution in [3.05, 3.63) is 103 Å². The van der Waals surface area contributed by atoms with E-state index < -0.39 is 0 Å². The summed E-state index contributed by atoms with van der Waals surface area (Å²) in [7, 11) is 0. The van der Waals surface area contributed by atoms with E-state index in [9.17, 15) is 4.79 Å². The second-order valence-electron chi connectivity index (χ2n) is 6.60. The van der Waals surface area contributed by atoms with Crippen LogP contribution in [0.3, 0.4) is 0 Å². The van der Waals surface area contributed by atoms with Crippen molar-refractivity contribution >= 4 is 11.6 Å². The molecule has 6 heteroatoms. The summed E-state index contributed by atoms with van der Waals surface area (Å²) < 4.78 is 3.82. The lowest BCUT2D eigenvalue weighted by molar-refractivity contribution is -0.116. The van der Waals surface area contributed by atoms with Crippen molar-refractivity contribution in [3.8, 4) is 0 Å². The smallest absolute Gasteiger partial charge is 0.226 e. The van der Waals surface area contributed by atoms with E-state index in [1.165, 1.54) is 6.33 Å². The first-order chi connectivity index (χ1) is 13.8. The first-order valence-corrected chi connectivity index (χ1v) is 9.16. The lowest BCUT2D eigenvalue weighted by Crippen LogP contribution is -2.19. The van der Waals surface area contributed by atoms with Gasteiger partial charge in [-0.1, -0.05) is 42.5 Å². The fourth-order valence-electron chi connectivity index (χ4n) is 3.21. The molecule has 0 spiro atoms. The minimum absolute atomic E-state index is 0.0217. The zero-order valence-corrected chi connectivity index (χ0v) is 15.3. The predicted molar refractivity (Wildman–Crippen MR) is 108 cm³/mol. The first kappa shape index (κ1) is 17.7. The number of nitrogens with zero attached hydrogens (tertiary/aromatic N) is 4. The van der Waals surface area contributed by atoms with Gasteiger partial charge < -0.3 is 9.88 Å². The third-order valence-electron chi connectivity index (χ3n) is 4.60.